The van der Waals surface area contributed by atoms with Gasteiger partial charge in [-0.3, -0.25) is 4.79 Å². The van der Waals surface area contributed by atoms with E-state index in [4.69, 9.17) is 9.47 Å². The van der Waals surface area contributed by atoms with Crippen molar-refractivity contribution in [3.63, 3.8) is 0 Å². The Hall–Kier alpha value is -2.49. The summed E-state index contributed by atoms with van der Waals surface area (Å²) in [4.78, 5) is 11.8. The van der Waals surface area contributed by atoms with E-state index < -0.39 is 0 Å². The van der Waals surface area contributed by atoms with Crippen LogP contribution in [0.4, 0.5) is 0 Å². The van der Waals surface area contributed by atoms with Gasteiger partial charge in [-0.15, -0.1) is 0 Å². The lowest BCUT2D eigenvalue weighted by molar-refractivity contribution is -0.123. The Kier molecular flexibility index (Phi) is 5.14. The van der Waals surface area contributed by atoms with E-state index in [-0.39, 0.29) is 12.5 Å². The van der Waals surface area contributed by atoms with Crippen molar-refractivity contribution in [1.82, 2.24) is 5.32 Å². The van der Waals surface area contributed by atoms with Crippen molar-refractivity contribution in [2.45, 2.75) is 19.3 Å². The van der Waals surface area contributed by atoms with Crippen LogP contribution in [0.15, 0.2) is 48.5 Å². The summed E-state index contributed by atoms with van der Waals surface area (Å²) >= 11 is 0. The molecule has 4 nitrogen and oxygen atoms in total. The predicted molar refractivity (Wildman–Crippen MR) is 88.9 cm³/mol. The van der Waals surface area contributed by atoms with Crippen molar-refractivity contribution in [2.75, 3.05) is 19.8 Å². The third-order valence-corrected chi connectivity index (χ3v) is 3.88. The SMILES string of the molecule is O=C(COc1ccc2c(c1)CCC2)NCCOc1ccccc1. The first-order chi connectivity index (χ1) is 11.3. The number of rotatable bonds is 7. The van der Waals surface area contributed by atoms with Crippen LogP contribution in [0.1, 0.15) is 17.5 Å². The molecular formula is C19H21NO3. The van der Waals surface area contributed by atoms with Gasteiger partial charge in [0.1, 0.15) is 18.1 Å². The van der Waals surface area contributed by atoms with Gasteiger partial charge in [0.15, 0.2) is 6.61 Å². The van der Waals surface area contributed by atoms with Crippen molar-refractivity contribution in [3.8, 4) is 11.5 Å². The second-order valence-corrected chi connectivity index (χ2v) is 5.58. The van der Waals surface area contributed by atoms with E-state index in [9.17, 15) is 4.79 Å². The average Bonchev–Trinajstić information content (AvgIpc) is 3.05. The van der Waals surface area contributed by atoms with Crippen LogP contribution in [0.25, 0.3) is 0 Å². The summed E-state index contributed by atoms with van der Waals surface area (Å²) in [6.07, 6.45) is 3.47. The van der Waals surface area contributed by atoms with Gasteiger partial charge in [-0.25, -0.2) is 0 Å². The predicted octanol–water partition coefficient (Wildman–Crippen LogP) is 2.75. The number of aryl methyl sites for hydroxylation is 2. The first-order valence-electron chi connectivity index (χ1n) is 8.00. The van der Waals surface area contributed by atoms with Gasteiger partial charge >= 0.3 is 0 Å². The van der Waals surface area contributed by atoms with Crippen LogP contribution in [0.3, 0.4) is 0 Å². The molecule has 0 bridgehead atoms. The number of hydrogen-bond acceptors (Lipinski definition) is 3. The summed E-state index contributed by atoms with van der Waals surface area (Å²) in [5, 5.41) is 2.79. The third kappa shape index (κ3) is 4.49. The summed E-state index contributed by atoms with van der Waals surface area (Å²) < 4.78 is 11.1. The smallest absolute Gasteiger partial charge is 0.258 e. The van der Waals surface area contributed by atoms with E-state index >= 15 is 0 Å². The molecule has 0 aromatic heterocycles. The van der Waals surface area contributed by atoms with Crippen LogP contribution < -0.4 is 14.8 Å². The standard InChI is InChI=1S/C19H21NO3/c21-19(20-11-12-22-17-7-2-1-3-8-17)14-23-18-10-9-15-5-4-6-16(15)13-18/h1-3,7-10,13H,4-6,11-12,14H2,(H,20,21). The largest absolute Gasteiger partial charge is 0.492 e. The van der Waals surface area contributed by atoms with E-state index in [0.717, 1.165) is 24.3 Å². The van der Waals surface area contributed by atoms with Crippen molar-refractivity contribution in [3.05, 3.63) is 59.7 Å². The quantitative estimate of drug-likeness (QED) is 0.800. The fourth-order valence-electron chi connectivity index (χ4n) is 2.71. The molecule has 0 heterocycles. The van der Waals surface area contributed by atoms with Crippen LogP contribution in [0, 0.1) is 0 Å². The molecule has 2 aromatic rings. The Labute approximate surface area is 136 Å². The molecule has 0 atom stereocenters. The minimum atomic E-state index is -0.137. The molecule has 0 aliphatic heterocycles. The monoisotopic (exact) mass is 311 g/mol. The normalized spacial score (nSPS) is 12.5. The fourth-order valence-corrected chi connectivity index (χ4v) is 2.71. The van der Waals surface area contributed by atoms with E-state index in [0.29, 0.717) is 13.2 Å². The molecule has 1 aliphatic carbocycles. The van der Waals surface area contributed by atoms with E-state index in [1.807, 2.05) is 42.5 Å². The van der Waals surface area contributed by atoms with Crippen molar-refractivity contribution in [1.29, 1.82) is 0 Å². The Bertz CT molecular complexity index is 655. The number of ether oxygens (including phenoxy) is 2. The summed E-state index contributed by atoms with van der Waals surface area (Å²) in [5.74, 6) is 1.43. The first-order valence-corrected chi connectivity index (χ1v) is 8.00. The molecule has 2 aromatic carbocycles. The van der Waals surface area contributed by atoms with E-state index in [1.165, 1.54) is 17.5 Å². The molecule has 23 heavy (non-hydrogen) atoms. The second-order valence-electron chi connectivity index (χ2n) is 5.58. The zero-order chi connectivity index (χ0) is 15.9. The molecular weight excluding hydrogens is 290 g/mol. The van der Waals surface area contributed by atoms with Crippen LogP contribution in [-0.4, -0.2) is 25.7 Å². The van der Waals surface area contributed by atoms with Crippen LogP contribution in [0.2, 0.25) is 0 Å². The molecule has 0 saturated carbocycles. The number of benzene rings is 2. The molecule has 0 spiro atoms. The fraction of sp³-hybridized carbons (Fsp3) is 0.316. The summed E-state index contributed by atoms with van der Waals surface area (Å²) in [6.45, 7) is 0.931. The molecule has 1 amide bonds. The van der Waals surface area contributed by atoms with Crippen LogP contribution in [-0.2, 0) is 17.6 Å². The van der Waals surface area contributed by atoms with Crippen LogP contribution in [0.5, 0.6) is 11.5 Å². The number of para-hydroxylation sites is 1. The van der Waals surface area contributed by atoms with E-state index in [1.54, 1.807) is 0 Å². The van der Waals surface area contributed by atoms with Gasteiger partial charge in [-0.1, -0.05) is 24.3 Å². The van der Waals surface area contributed by atoms with Gasteiger partial charge in [-0.05, 0) is 54.7 Å². The molecule has 120 valence electrons. The molecule has 0 saturated heterocycles. The lowest BCUT2D eigenvalue weighted by atomic mass is 10.1. The van der Waals surface area contributed by atoms with Gasteiger partial charge < -0.3 is 14.8 Å². The number of fused-ring (bicyclic) bond motifs is 1. The van der Waals surface area contributed by atoms with Gasteiger partial charge in [0.25, 0.3) is 5.91 Å². The topological polar surface area (TPSA) is 47.6 Å². The summed E-state index contributed by atoms with van der Waals surface area (Å²) in [6, 6.07) is 15.6. The Morgan fingerprint density at radius 2 is 1.78 bits per heavy atom. The zero-order valence-corrected chi connectivity index (χ0v) is 13.1. The molecule has 1 N–H and O–H groups in total. The number of amides is 1. The number of nitrogens with one attached hydrogen (secondary N) is 1. The Balaban J connectivity index is 1.35. The molecule has 0 radical (unpaired) electrons. The highest BCUT2D eigenvalue weighted by atomic mass is 16.5. The molecule has 4 heteroatoms. The van der Waals surface area contributed by atoms with Gasteiger partial charge in [0.05, 0.1) is 6.54 Å². The minimum Gasteiger partial charge on any atom is -0.492 e. The van der Waals surface area contributed by atoms with Gasteiger partial charge in [0, 0.05) is 0 Å². The summed E-state index contributed by atoms with van der Waals surface area (Å²) in [7, 11) is 0. The maximum atomic E-state index is 11.8. The minimum absolute atomic E-state index is 0.0319. The Morgan fingerprint density at radius 3 is 2.65 bits per heavy atom. The van der Waals surface area contributed by atoms with Crippen molar-refractivity contribution >= 4 is 5.91 Å². The van der Waals surface area contributed by atoms with Gasteiger partial charge in [-0.2, -0.15) is 0 Å². The lowest BCUT2D eigenvalue weighted by Crippen LogP contribution is -2.32. The average molecular weight is 311 g/mol. The zero-order valence-electron chi connectivity index (χ0n) is 13.1. The molecule has 1 aliphatic rings. The first kappa shape index (κ1) is 15.4. The second kappa shape index (κ2) is 7.68. The highest BCUT2D eigenvalue weighted by Gasteiger charge is 2.11. The highest BCUT2D eigenvalue weighted by molar-refractivity contribution is 5.77. The molecule has 0 fully saturated rings. The van der Waals surface area contributed by atoms with Crippen LogP contribution >= 0.6 is 0 Å². The van der Waals surface area contributed by atoms with Gasteiger partial charge in [0.2, 0.25) is 0 Å². The molecule has 3 rings (SSSR count). The highest BCUT2D eigenvalue weighted by Crippen LogP contribution is 2.25. The lowest BCUT2D eigenvalue weighted by Gasteiger charge is -2.09. The number of carbonyl (C=O) groups excluding carboxylic acids is 1. The third-order valence-electron chi connectivity index (χ3n) is 3.88. The summed E-state index contributed by atoms with van der Waals surface area (Å²) in [5.41, 5.74) is 2.75. The maximum Gasteiger partial charge on any atom is 0.258 e. The Morgan fingerprint density at radius 1 is 0.957 bits per heavy atom. The van der Waals surface area contributed by atoms with E-state index in [2.05, 4.69) is 11.4 Å². The number of carbonyl (C=O) groups is 1. The number of hydrogen-bond donors (Lipinski definition) is 1. The van der Waals surface area contributed by atoms with Crippen molar-refractivity contribution in [2.24, 2.45) is 0 Å². The van der Waals surface area contributed by atoms with Crippen molar-refractivity contribution < 1.29 is 14.3 Å². The molecule has 0 unspecified atom stereocenters. The maximum absolute atomic E-state index is 11.8.